The summed E-state index contributed by atoms with van der Waals surface area (Å²) in [6.07, 6.45) is 0. The molecule has 0 N–H and O–H groups in total. The molecule has 0 amide bonds. The van der Waals surface area contributed by atoms with Crippen molar-refractivity contribution in [2.45, 2.75) is 12.3 Å². The number of fused-ring (bicyclic) bond motifs is 6. The zero-order valence-corrected chi connectivity index (χ0v) is 35.5. The van der Waals surface area contributed by atoms with Gasteiger partial charge in [0.05, 0.1) is 11.4 Å². The highest BCUT2D eigenvalue weighted by Gasteiger charge is 2.42. The van der Waals surface area contributed by atoms with Gasteiger partial charge in [-0.25, -0.2) is 9.97 Å². The molecule has 2 aromatic heterocycles. The minimum absolute atomic E-state index is 0.357. The van der Waals surface area contributed by atoms with Gasteiger partial charge in [0.25, 0.3) is 0 Å². The Morgan fingerprint density at radius 1 is 0.365 bits per heavy atom. The van der Waals surface area contributed by atoms with Crippen molar-refractivity contribution in [3.63, 3.8) is 0 Å². The van der Waals surface area contributed by atoms with Crippen molar-refractivity contribution in [3.8, 4) is 78.4 Å². The normalized spacial score (nSPS) is 14.2. The predicted octanol–water partition coefficient (Wildman–Crippen LogP) is 16.2. The van der Waals surface area contributed by atoms with E-state index in [0.717, 1.165) is 44.8 Å². The molecular formula is C60H40N2S. The summed E-state index contributed by atoms with van der Waals surface area (Å²) in [6, 6.07) is 81.2. The minimum atomic E-state index is -0.357. The van der Waals surface area contributed by atoms with Gasteiger partial charge in [-0.15, -0.1) is 11.3 Å². The highest BCUT2D eigenvalue weighted by molar-refractivity contribution is 7.26. The van der Waals surface area contributed by atoms with Gasteiger partial charge >= 0.3 is 0 Å². The molecule has 0 radical (unpaired) electrons. The maximum absolute atomic E-state index is 5.36. The van der Waals surface area contributed by atoms with E-state index in [-0.39, 0.29) is 5.41 Å². The monoisotopic (exact) mass is 820 g/mol. The van der Waals surface area contributed by atoms with E-state index in [2.05, 4.69) is 225 Å². The molecule has 12 rings (SSSR count). The van der Waals surface area contributed by atoms with Crippen LogP contribution in [0.15, 0.2) is 224 Å². The molecule has 0 saturated carbocycles. The summed E-state index contributed by atoms with van der Waals surface area (Å²) in [5.41, 5.74) is 18.1. The van der Waals surface area contributed by atoms with Crippen LogP contribution >= 0.6 is 11.3 Å². The molecule has 1 atom stereocenters. The lowest BCUT2D eigenvalue weighted by Crippen LogP contribution is -2.23. The number of hydrogen-bond donors (Lipinski definition) is 0. The second-order valence-electron chi connectivity index (χ2n) is 16.6. The summed E-state index contributed by atoms with van der Waals surface area (Å²) < 4.78 is 2.62. The summed E-state index contributed by atoms with van der Waals surface area (Å²) >= 11 is 1.86. The molecule has 2 nitrogen and oxygen atoms in total. The van der Waals surface area contributed by atoms with Crippen LogP contribution in [0.4, 0.5) is 0 Å². The number of benzene rings is 9. The quantitative estimate of drug-likeness (QED) is 0.160. The van der Waals surface area contributed by atoms with Crippen LogP contribution in [0, 0.1) is 0 Å². The van der Waals surface area contributed by atoms with Gasteiger partial charge in [-0.2, -0.15) is 0 Å². The molecule has 1 unspecified atom stereocenters. The molecule has 0 bridgehead atoms. The van der Waals surface area contributed by atoms with Crippen molar-refractivity contribution in [1.29, 1.82) is 0 Å². The molecule has 296 valence electrons. The Hall–Kier alpha value is -7.72. The molecule has 1 aliphatic carbocycles. The van der Waals surface area contributed by atoms with Crippen LogP contribution in [0.25, 0.3) is 98.6 Å². The van der Waals surface area contributed by atoms with Crippen molar-refractivity contribution in [1.82, 2.24) is 9.97 Å². The fourth-order valence-electron chi connectivity index (χ4n) is 9.90. The fourth-order valence-corrected chi connectivity index (χ4v) is 11.1. The number of rotatable bonds is 7. The van der Waals surface area contributed by atoms with E-state index in [1.165, 1.54) is 64.7 Å². The van der Waals surface area contributed by atoms with E-state index in [0.29, 0.717) is 5.82 Å². The number of aromatic nitrogens is 2. The number of nitrogens with zero attached hydrogens (tertiary/aromatic N) is 2. The van der Waals surface area contributed by atoms with Crippen LogP contribution in [0.1, 0.15) is 23.6 Å². The summed E-state index contributed by atoms with van der Waals surface area (Å²) in [6.45, 7) is 2.40. The van der Waals surface area contributed by atoms with Gasteiger partial charge in [-0.1, -0.05) is 194 Å². The lowest BCUT2D eigenvalue weighted by Gasteiger charge is -2.30. The molecule has 0 saturated heterocycles. The highest BCUT2D eigenvalue weighted by Crippen LogP contribution is 2.55. The second-order valence-corrected chi connectivity index (χ2v) is 17.7. The predicted molar refractivity (Wildman–Crippen MR) is 265 cm³/mol. The molecule has 63 heavy (non-hydrogen) atoms. The average Bonchev–Trinajstić information content (AvgIpc) is 3.88. The van der Waals surface area contributed by atoms with Crippen molar-refractivity contribution in [3.05, 3.63) is 241 Å². The Kier molecular flexibility index (Phi) is 8.84. The first-order chi connectivity index (χ1) is 31.1. The maximum atomic E-state index is 5.36. The molecule has 11 aromatic rings. The first-order valence-corrected chi connectivity index (χ1v) is 22.4. The second kappa shape index (κ2) is 15.0. The Labute approximate surface area is 371 Å². The maximum Gasteiger partial charge on any atom is 0.160 e. The molecular weight excluding hydrogens is 781 g/mol. The third kappa shape index (κ3) is 6.23. The summed E-state index contributed by atoms with van der Waals surface area (Å²) in [7, 11) is 0. The third-order valence-electron chi connectivity index (χ3n) is 13.0. The number of hydrogen-bond acceptors (Lipinski definition) is 3. The van der Waals surface area contributed by atoms with E-state index in [9.17, 15) is 0 Å². The van der Waals surface area contributed by atoms with Gasteiger partial charge in [-0.3, -0.25) is 0 Å². The van der Waals surface area contributed by atoms with Gasteiger partial charge in [0, 0.05) is 42.3 Å². The number of thiophene rings is 1. The smallest absolute Gasteiger partial charge is 0.160 e. The van der Waals surface area contributed by atoms with Crippen molar-refractivity contribution >= 4 is 31.5 Å². The van der Waals surface area contributed by atoms with Gasteiger partial charge < -0.3 is 0 Å². The molecule has 0 fully saturated rings. The molecule has 0 spiro atoms. The van der Waals surface area contributed by atoms with Crippen LogP contribution < -0.4 is 0 Å². The van der Waals surface area contributed by atoms with Gasteiger partial charge in [0.15, 0.2) is 5.82 Å². The first kappa shape index (κ1) is 37.1. The van der Waals surface area contributed by atoms with Crippen molar-refractivity contribution < 1.29 is 0 Å². The molecule has 0 aliphatic heterocycles. The Balaban J connectivity index is 1.04. The van der Waals surface area contributed by atoms with Crippen LogP contribution in [0.3, 0.4) is 0 Å². The van der Waals surface area contributed by atoms with Crippen LogP contribution in [0.2, 0.25) is 0 Å². The van der Waals surface area contributed by atoms with Gasteiger partial charge in [0.1, 0.15) is 0 Å². The highest BCUT2D eigenvalue weighted by atomic mass is 32.1. The molecule has 2 heterocycles. The third-order valence-corrected chi connectivity index (χ3v) is 14.2. The first-order valence-electron chi connectivity index (χ1n) is 21.6. The van der Waals surface area contributed by atoms with E-state index in [1.807, 2.05) is 17.4 Å². The summed E-state index contributed by atoms with van der Waals surface area (Å²) in [4.78, 5) is 10.6. The molecule has 1 aliphatic rings. The Bertz CT molecular complexity index is 3500. The standard InChI is InChI=1S/C60H40N2S/c1-60(46-21-9-4-10-22-46)53-29-13-11-23-49(53)51-27-15-25-47(57(51)60)44-35-43(39-17-5-2-6-18-39)36-45(37-44)55-38-54(61-59(62-55)42-19-7-3-8-20-42)41-33-31-40(32-34-41)48-26-16-28-52-50-24-12-14-30-56(50)63-58(48)52/h2-38H,1H3. The van der Waals surface area contributed by atoms with Gasteiger partial charge in [0.2, 0.25) is 0 Å². The van der Waals surface area contributed by atoms with E-state index < -0.39 is 0 Å². The van der Waals surface area contributed by atoms with E-state index in [1.54, 1.807) is 0 Å². The van der Waals surface area contributed by atoms with Crippen molar-refractivity contribution in [2.75, 3.05) is 0 Å². The average molecular weight is 821 g/mol. The molecule has 9 aromatic carbocycles. The summed E-state index contributed by atoms with van der Waals surface area (Å²) in [5.74, 6) is 0.696. The van der Waals surface area contributed by atoms with Crippen molar-refractivity contribution in [2.24, 2.45) is 0 Å². The SMILES string of the molecule is CC1(c2ccccc2)c2ccccc2-c2cccc(-c3cc(-c4ccccc4)cc(-c4cc(-c5ccc(-c6cccc7c6sc6ccccc67)cc5)nc(-c5ccccc5)n4)c3)c21. The lowest BCUT2D eigenvalue weighted by molar-refractivity contribution is 0.716. The fraction of sp³-hybridized carbons (Fsp3) is 0.0333. The largest absolute Gasteiger partial charge is 0.228 e. The zero-order chi connectivity index (χ0) is 41.9. The Morgan fingerprint density at radius 3 is 1.71 bits per heavy atom. The van der Waals surface area contributed by atoms with E-state index in [4.69, 9.17) is 9.97 Å². The Morgan fingerprint density at radius 2 is 0.921 bits per heavy atom. The van der Waals surface area contributed by atoms with Crippen LogP contribution in [-0.4, -0.2) is 9.97 Å². The summed E-state index contributed by atoms with van der Waals surface area (Å²) in [5, 5.41) is 2.61. The van der Waals surface area contributed by atoms with Gasteiger partial charge in [-0.05, 0) is 98.5 Å². The van der Waals surface area contributed by atoms with Crippen LogP contribution in [-0.2, 0) is 5.41 Å². The lowest BCUT2D eigenvalue weighted by atomic mass is 9.72. The minimum Gasteiger partial charge on any atom is -0.228 e. The zero-order valence-electron chi connectivity index (χ0n) is 34.7. The van der Waals surface area contributed by atoms with E-state index >= 15 is 0 Å². The van der Waals surface area contributed by atoms with Crippen LogP contribution in [0.5, 0.6) is 0 Å². The molecule has 3 heteroatoms. The topological polar surface area (TPSA) is 25.8 Å².